The minimum atomic E-state index is -0.435. The molecule has 5 heteroatoms. The van der Waals surface area contributed by atoms with Gasteiger partial charge in [-0.1, -0.05) is 115 Å². The second-order valence-electron chi connectivity index (χ2n) is 12.1. The Morgan fingerprint density at radius 3 is 1.70 bits per heavy atom. The number of hydrogen-bond acceptors (Lipinski definition) is 4. The van der Waals surface area contributed by atoms with Gasteiger partial charge in [0.15, 0.2) is 17.5 Å². The summed E-state index contributed by atoms with van der Waals surface area (Å²) < 4.78 is 50.2. The first-order valence-electron chi connectivity index (χ1n) is 18.8. The maximum atomic E-state index is 8.55. The van der Waals surface area contributed by atoms with E-state index in [9.17, 15) is 0 Å². The summed E-state index contributed by atoms with van der Waals surface area (Å²) in [7, 11) is 0. The number of furan rings is 1. The van der Waals surface area contributed by atoms with E-state index in [1.54, 1.807) is 18.2 Å². The van der Waals surface area contributed by atoms with Crippen LogP contribution in [0.1, 0.15) is 6.85 Å². The first kappa shape index (κ1) is 23.5. The Morgan fingerprint density at radius 2 is 0.980 bits per heavy atom. The molecular weight excluding hydrogens is 613 g/mol. The van der Waals surface area contributed by atoms with Gasteiger partial charge in [-0.15, -0.1) is 0 Å². The minimum absolute atomic E-state index is 0.114. The van der Waals surface area contributed by atoms with Crippen LogP contribution in [0.15, 0.2) is 174 Å². The summed E-state index contributed by atoms with van der Waals surface area (Å²) in [5.74, 6) is 1.30. The fraction of sp³-hybridized carbons (Fsp3) is 0. The van der Waals surface area contributed by atoms with E-state index in [0.717, 1.165) is 49.8 Å². The van der Waals surface area contributed by atoms with Gasteiger partial charge in [0.2, 0.25) is 0 Å². The molecule has 0 aliphatic rings. The van der Waals surface area contributed by atoms with Crippen molar-refractivity contribution in [3.05, 3.63) is 170 Å². The highest BCUT2D eigenvalue weighted by Gasteiger charge is 2.17. The Morgan fingerprint density at radius 1 is 0.420 bits per heavy atom. The summed E-state index contributed by atoms with van der Waals surface area (Å²) in [4.78, 5) is 14.8. The molecular formula is C45H28N4O. The average molecular weight is 646 g/mol. The lowest BCUT2D eigenvalue weighted by molar-refractivity contribution is 0.669. The summed E-state index contributed by atoms with van der Waals surface area (Å²) in [6, 6.07) is 44.1. The van der Waals surface area contributed by atoms with Gasteiger partial charge in [0.25, 0.3) is 0 Å². The molecule has 0 aliphatic heterocycles. The molecule has 234 valence electrons. The van der Waals surface area contributed by atoms with Crippen molar-refractivity contribution in [2.24, 2.45) is 0 Å². The number of fused-ring (bicyclic) bond motifs is 6. The Labute approximate surface area is 294 Å². The molecule has 5 nitrogen and oxygen atoms in total. The SMILES string of the molecule is [2H]c1c([2H])c([2H])c(-c2cccc(-c3nc(-c4ccccc4)nc(-c4ccc5oc6ccc(-n7c8ccccc8c8ccccc87)cc6c5c4)n3)c2)c([2H])c1[2H]. The van der Waals surface area contributed by atoms with Crippen molar-refractivity contribution in [2.75, 3.05) is 0 Å². The van der Waals surface area contributed by atoms with Crippen LogP contribution in [0.4, 0.5) is 0 Å². The van der Waals surface area contributed by atoms with Gasteiger partial charge in [0.1, 0.15) is 11.2 Å². The van der Waals surface area contributed by atoms with Crippen LogP contribution in [-0.4, -0.2) is 19.5 Å². The quantitative estimate of drug-likeness (QED) is 0.187. The zero-order valence-electron chi connectivity index (χ0n) is 31.5. The summed E-state index contributed by atoms with van der Waals surface area (Å²) in [6.45, 7) is 0. The van der Waals surface area contributed by atoms with E-state index in [-0.39, 0.29) is 29.7 Å². The number of benzene rings is 7. The lowest BCUT2D eigenvalue weighted by Gasteiger charge is -2.10. The van der Waals surface area contributed by atoms with E-state index >= 15 is 0 Å². The highest BCUT2D eigenvalue weighted by molar-refractivity contribution is 6.11. The standard InChI is InChI=1S/C45H28N4O/c1-3-12-29(13-4-1)31-16-11-17-32(26-31)44-46-43(30-14-5-2-6-15-30)47-45(48-44)33-22-24-41-37(27-33)38-28-34(23-25-42(38)50-41)49-39-20-9-7-18-35(39)36-19-8-10-21-40(36)49/h1-28H/i1D,3D,4D,12D,13D. The first-order chi connectivity index (χ1) is 26.8. The fourth-order valence-electron chi connectivity index (χ4n) is 6.80. The van der Waals surface area contributed by atoms with Gasteiger partial charge in [-0.25, -0.2) is 15.0 Å². The topological polar surface area (TPSA) is 56.7 Å². The molecule has 3 aromatic heterocycles. The second-order valence-corrected chi connectivity index (χ2v) is 12.1. The van der Waals surface area contributed by atoms with Gasteiger partial charge < -0.3 is 8.98 Å². The van der Waals surface area contributed by atoms with Gasteiger partial charge in [-0.3, -0.25) is 0 Å². The number of aromatic nitrogens is 4. The third-order valence-corrected chi connectivity index (χ3v) is 9.13. The van der Waals surface area contributed by atoms with Gasteiger partial charge >= 0.3 is 0 Å². The highest BCUT2D eigenvalue weighted by atomic mass is 16.3. The smallest absolute Gasteiger partial charge is 0.164 e. The van der Waals surface area contributed by atoms with E-state index in [4.69, 9.17) is 26.2 Å². The molecule has 10 aromatic rings. The van der Waals surface area contributed by atoms with Crippen LogP contribution in [-0.2, 0) is 0 Å². The second kappa shape index (κ2) is 11.4. The third kappa shape index (κ3) is 4.67. The number of nitrogens with zero attached hydrogens (tertiary/aromatic N) is 4. The van der Waals surface area contributed by atoms with Crippen LogP contribution < -0.4 is 0 Å². The summed E-state index contributed by atoms with van der Waals surface area (Å²) >= 11 is 0. The highest BCUT2D eigenvalue weighted by Crippen LogP contribution is 2.37. The Balaban J connectivity index is 1.14. The molecule has 0 amide bonds. The maximum Gasteiger partial charge on any atom is 0.164 e. The van der Waals surface area contributed by atoms with Gasteiger partial charge in [-0.05, 0) is 65.7 Å². The van der Waals surface area contributed by atoms with Crippen molar-refractivity contribution < 1.29 is 11.3 Å². The normalized spacial score (nSPS) is 13.0. The van der Waals surface area contributed by atoms with Crippen LogP contribution in [0.25, 0.3) is 94.7 Å². The van der Waals surface area contributed by atoms with Crippen molar-refractivity contribution in [2.45, 2.75) is 0 Å². The zero-order valence-corrected chi connectivity index (χ0v) is 26.5. The minimum Gasteiger partial charge on any atom is -0.456 e. The Kier molecular flexibility index (Phi) is 5.35. The molecule has 0 N–H and O–H groups in total. The number of para-hydroxylation sites is 2. The Bertz CT molecular complexity index is 3090. The summed E-state index contributed by atoms with van der Waals surface area (Å²) in [5, 5.41) is 4.26. The number of rotatable bonds is 5. The number of hydrogen-bond donors (Lipinski definition) is 0. The molecule has 0 spiro atoms. The van der Waals surface area contributed by atoms with Crippen LogP contribution in [0.2, 0.25) is 0 Å². The molecule has 0 radical (unpaired) electrons. The average Bonchev–Trinajstić information content (AvgIpc) is 3.77. The predicted molar refractivity (Wildman–Crippen MR) is 203 cm³/mol. The first-order valence-corrected chi connectivity index (χ1v) is 16.3. The molecule has 50 heavy (non-hydrogen) atoms. The van der Waals surface area contributed by atoms with Crippen LogP contribution in [0, 0.1) is 0 Å². The van der Waals surface area contributed by atoms with E-state index < -0.39 is 6.04 Å². The van der Waals surface area contributed by atoms with Gasteiger partial charge in [0.05, 0.1) is 17.9 Å². The van der Waals surface area contributed by atoms with E-state index in [1.165, 1.54) is 10.8 Å². The molecule has 10 rings (SSSR count). The van der Waals surface area contributed by atoms with Crippen molar-refractivity contribution >= 4 is 43.7 Å². The van der Waals surface area contributed by atoms with Gasteiger partial charge in [0, 0.05) is 43.9 Å². The molecule has 0 saturated carbocycles. The fourth-order valence-corrected chi connectivity index (χ4v) is 6.80. The van der Waals surface area contributed by atoms with Gasteiger partial charge in [-0.2, -0.15) is 0 Å². The van der Waals surface area contributed by atoms with Crippen LogP contribution in [0.5, 0.6) is 0 Å². The monoisotopic (exact) mass is 645 g/mol. The molecule has 0 fully saturated rings. The molecule has 3 heterocycles. The zero-order chi connectivity index (χ0) is 37.4. The largest absolute Gasteiger partial charge is 0.456 e. The summed E-state index contributed by atoms with van der Waals surface area (Å²) in [5.41, 5.74) is 7.52. The molecule has 0 saturated heterocycles. The van der Waals surface area contributed by atoms with Crippen molar-refractivity contribution in [1.82, 2.24) is 19.5 Å². The lowest BCUT2D eigenvalue weighted by atomic mass is 10.0. The van der Waals surface area contributed by atoms with Crippen molar-refractivity contribution in [1.29, 1.82) is 0 Å². The van der Waals surface area contributed by atoms with Crippen molar-refractivity contribution in [3.63, 3.8) is 0 Å². The van der Waals surface area contributed by atoms with Crippen LogP contribution in [0.3, 0.4) is 0 Å². The van der Waals surface area contributed by atoms with E-state index in [2.05, 4.69) is 65.2 Å². The lowest BCUT2D eigenvalue weighted by Crippen LogP contribution is -2.00. The molecule has 0 aliphatic carbocycles. The molecule has 7 aromatic carbocycles. The Hall–Kier alpha value is -6.85. The summed E-state index contributed by atoms with van der Waals surface area (Å²) in [6.07, 6.45) is 0. The molecule has 0 atom stereocenters. The van der Waals surface area contributed by atoms with Crippen LogP contribution >= 0.6 is 0 Å². The van der Waals surface area contributed by atoms with Crippen molar-refractivity contribution in [3.8, 4) is 51.0 Å². The van der Waals surface area contributed by atoms with E-state index in [0.29, 0.717) is 28.6 Å². The third-order valence-electron chi connectivity index (χ3n) is 9.13. The predicted octanol–water partition coefficient (Wildman–Crippen LogP) is 11.5. The molecule has 0 unspecified atom stereocenters. The van der Waals surface area contributed by atoms with E-state index in [1.807, 2.05) is 60.7 Å². The maximum absolute atomic E-state index is 8.55. The molecule has 0 bridgehead atoms.